The summed E-state index contributed by atoms with van der Waals surface area (Å²) in [6.07, 6.45) is 0.130. The van der Waals surface area contributed by atoms with Crippen LogP contribution in [0.3, 0.4) is 0 Å². The van der Waals surface area contributed by atoms with Crippen molar-refractivity contribution in [1.29, 1.82) is 0 Å². The Kier molecular flexibility index (Phi) is 6.11. The zero-order valence-electron chi connectivity index (χ0n) is 16.2. The number of ether oxygens (including phenoxy) is 1. The van der Waals surface area contributed by atoms with Gasteiger partial charge in [-0.25, -0.2) is 0 Å². The molecule has 0 fully saturated rings. The average Bonchev–Trinajstić information content (AvgIpc) is 2.70. The van der Waals surface area contributed by atoms with Gasteiger partial charge in [-0.15, -0.1) is 0 Å². The van der Waals surface area contributed by atoms with Crippen molar-refractivity contribution in [3.05, 3.63) is 91.0 Å². The quantitative estimate of drug-likeness (QED) is 0.590. The second-order valence-electron chi connectivity index (χ2n) is 7.36. The highest BCUT2D eigenvalue weighted by molar-refractivity contribution is 7.95. The van der Waals surface area contributed by atoms with E-state index < -0.39 is 12.9 Å². The summed E-state index contributed by atoms with van der Waals surface area (Å²) in [5.74, 6) is 0. The Bertz CT molecular complexity index is 730. The Balaban J connectivity index is 2.17. The Labute approximate surface area is 163 Å². The van der Waals surface area contributed by atoms with Crippen LogP contribution in [0.25, 0.3) is 0 Å². The molecule has 2 nitrogen and oxygen atoms in total. The molecule has 3 aromatic rings. The van der Waals surface area contributed by atoms with Crippen LogP contribution in [0.4, 0.5) is 0 Å². The Hall–Kier alpha value is -1.99. The summed E-state index contributed by atoms with van der Waals surface area (Å²) in [5.41, 5.74) is -1.14. The van der Waals surface area contributed by atoms with E-state index in [4.69, 9.17) is 4.74 Å². The van der Waals surface area contributed by atoms with E-state index in [-0.39, 0.29) is 6.10 Å². The van der Waals surface area contributed by atoms with Gasteiger partial charge in [0.2, 0.25) is 0 Å². The normalized spacial score (nSPS) is 13.3. The summed E-state index contributed by atoms with van der Waals surface area (Å²) >= 11 is 0. The third-order valence-electron chi connectivity index (χ3n) is 5.09. The van der Waals surface area contributed by atoms with Gasteiger partial charge in [0.1, 0.15) is 23.2 Å². The van der Waals surface area contributed by atoms with Crippen molar-refractivity contribution in [2.24, 2.45) is 0 Å². The fraction of sp³-hybridized carbons (Fsp3) is 0.250. The van der Waals surface area contributed by atoms with Crippen LogP contribution in [0.15, 0.2) is 91.0 Å². The molecule has 0 amide bonds. The molecule has 0 bridgehead atoms. The Morgan fingerprint density at radius 2 is 1.07 bits per heavy atom. The summed E-state index contributed by atoms with van der Waals surface area (Å²) in [6.45, 7) is 5.25. The molecule has 0 aliphatic rings. The molecule has 3 rings (SSSR count). The van der Waals surface area contributed by atoms with E-state index in [1.807, 2.05) is 25.1 Å². The monoisotopic (exact) mass is 378 g/mol. The second-order valence-corrected chi connectivity index (χ2v) is 10.8. The molecular formula is C24H27O2P. The molecule has 0 heterocycles. The number of hydrogen-bond acceptors (Lipinski definition) is 2. The van der Waals surface area contributed by atoms with Crippen LogP contribution in [-0.4, -0.2) is 18.1 Å². The molecule has 0 spiro atoms. The molecule has 0 saturated heterocycles. The van der Waals surface area contributed by atoms with Gasteiger partial charge in [-0.05, 0) is 43.3 Å². The van der Waals surface area contributed by atoms with Gasteiger partial charge in [-0.2, -0.15) is 0 Å². The van der Waals surface area contributed by atoms with Crippen LogP contribution >= 0.6 is 7.26 Å². The summed E-state index contributed by atoms with van der Waals surface area (Å²) < 4.78 is 6.27. The van der Waals surface area contributed by atoms with Gasteiger partial charge in [0.25, 0.3) is 0 Å². The summed E-state index contributed by atoms with van der Waals surface area (Å²) in [5, 5.41) is 16.2. The average molecular weight is 378 g/mol. The van der Waals surface area contributed by atoms with Crippen molar-refractivity contribution in [1.82, 2.24) is 0 Å². The lowest BCUT2D eigenvalue weighted by Gasteiger charge is -2.39. The molecule has 1 unspecified atom stereocenters. The predicted octanol–water partition coefficient (Wildman–Crippen LogP) is 3.48. The van der Waals surface area contributed by atoms with Gasteiger partial charge >= 0.3 is 0 Å². The molecule has 0 aromatic heterocycles. The third kappa shape index (κ3) is 4.30. The number of rotatable bonds is 7. The molecule has 0 saturated carbocycles. The van der Waals surface area contributed by atoms with E-state index in [0.29, 0.717) is 6.35 Å². The SMILES string of the molecule is CC(OC[P+](c1ccccc1)(c1ccccc1)c1ccccc1)C(C)(C)[O-]. The first kappa shape index (κ1) is 19.8. The van der Waals surface area contributed by atoms with E-state index in [1.165, 1.54) is 15.9 Å². The molecule has 1 atom stereocenters. The molecular weight excluding hydrogens is 351 g/mol. The molecule has 0 aliphatic heterocycles. The van der Waals surface area contributed by atoms with Gasteiger partial charge in [0.15, 0.2) is 6.35 Å². The lowest BCUT2D eigenvalue weighted by molar-refractivity contribution is -0.484. The highest BCUT2D eigenvalue weighted by Crippen LogP contribution is 2.55. The van der Waals surface area contributed by atoms with Gasteiger partial charge in [0, 0.05) is 6.10 Å². The smallest absolute Gasteiger partial charge is 0.171 e. The van der Waals surface area contributed by atoms with Crippen molar-refractivity contribution in [2.45, 2.75) is 32.5 Å². The summed E-state index contributed by atoms with van der Waals surface area (Å²) in [6, 6.07) is 31.7. The maximum atomic E-state index is 12.4. The van der Waals surface area contributed by atoms with Gasteiger partial charge in [-0.1, -0.05) is 74.0 Å². The highest BCUT2D eigenvalue weighted by Gasteiger charge is 2.46. The van der Waals surface area contributed by atoms with Crippen molar-refractivity contribution < 1.29 is 9.84 Å². The van der Waals surface area contributed by atoms with Crippen LogP contribution in [0, 0.1) is 0 Å². The fourth-order valence-electron chi connectivity index (χ4n) is 3.14. The van der Waals surface area contributed by atoms with Crippen molar-refractivity contribution in [3.63, 3.8) is 0 Å². The minimum Gasteiger partial charge on any atom is -0.848 e. The van der Waals surface area contributed by atoms with E-state index in [1.54, 1.807) is 13.8 Å². The predicted molar refractivity (Wildman–Crippen MR) is 115 cm³/mol. The van der Waals surface area contributed by atoms with Crippen molar-refractivity contribution in [2.75, 3.05) is 6.35 Å². The molecule has 0 aliphatic carbocycles. The van der Waals surface area contributed by atoms with Crippen LogP contribution < -0.4 is 21.0 Å². The first-order valence-corrected chi connectivity index (χ1v) is 11.3. The molecule has 0 radical (unpaired) electrons. The lowest BCUT2D eigenvalue weighted by Crippen LogP contribution is -2.49. The molecule has 3 heteroatoms. The van der Waals surface area contributed by atoms with Crippen LogP contribution in [0.1, 0.15) is 20.8 Å². The van der Waals surface area contributed by atoms with Crippen molar-refractivity contribution in [3.8, 4) is 0 Å². The first-order chi connectivity index (χ1) is 12.9. The maximum absolute atomic E-state index is 12.4. The van der Waals surface area contributed by atoms with Crippen LogP contribution in [-0.2, 0) is 4.74 Å². The zero-order chi connectivity index (χ0) is 19.3. The van der Waals surface area contributed by atoms with Gasteiger partial charge in [-0.3, -0.25) is 0 Å². The topological polar surface area (TPSA) is 32.3 Å². The molecule has 140 valence electrons. The zero-order valence-corrected chi connectivity index (χ0v) is 17.1. The molecule has 3 aromatic carbocycles. The number of hydrogen-bond donors (Lipinski definition) is 0. The minimum atomic E-state index is -2.04. The standard InChI is InChI=1S/C24H27O2P/c1-20(24(2,3)25)26-19-27(21-13-7-4-8-14-21,22-15-9-5-10-16-22)23-17-11-6-12-18-23/h4-18,20H,19H2,1-3H3. The number of benzene rings is 3. The van der Waals surface area contributed by atoms with Gasteiger partial charge in [0.05, 0.1) is 0 Å². The molecule has 27 heavy (non-hydrogen) atoms. The fourth-order valence-corrected chi connectivity index (χ4v) is 6.97. The largest absolute Gasteiger partial charge is 0.848 e. The Morgan fingerprint density at radius 1 is 0.741 bits per heavy atom. The summed E-state index contributed by atoms with van der Waals surface area (Å²) in [4.78, 5) is 0. The van der Waals surface area contributed by atoms with Gasteiger partial charge < -0.3 is 9.84 Å². The summed E-state index contributed by atoms with van der Waals surface area (Å²) in [7, 11) is -2.04. The van der Waals surface area contributed by atoms with E-state index >= 15 is 0 Å². The highest BCUT2D eigenvalue weighted by atomic mass is 31.2. The molecule has 0 N–H and O–H groups in total. The first-order valence-electron chi connectivity index (χ1n) is 9.31. The third-order valence-corrected chi connectivity index (χ3v) is 9.16. The van der Waals surface area contributed by atoms with E-state index in [9.17, 15) is 5.11 Å². The van der Waals surface area contributed by atoms with Crippen molar-refractivity contribution >= 4 is 23.2 Å². The maximum Gasteiger partial charge on any atom is 0.171 e. The second kappa shape index (κ2) is 8.35. The lowest BCUT2D eigenvalue weighted by atomic mass is 10.0. The van der Waals surface area contributed by atoms with Crippen LogP contribution in [0.5, 0.6) is 0 Å². The Morgan fingerprint density at radius 3 is 1.37 bits per heavy atom. The van der Waals surface area contributed by atoms with Crippen LogP contribution in [0.2, 0.25) is 0 Å². The van der Waals surface area contributed by atoms with E-state index in [2.05, 4.69) is 72.8 Å². The van der Waals surface area contributed by atoms with E-state index in [0.717, 1.165) is 0 Å². The minimum absolute atomic E-state index is 0.381.